The van der Waals surface area contributed by atoms with Gasteiger partial charge in [-0.3, -0.25) is 4.79 Å². The molecule has 0 spiro atoms. The molecule has 0 heterocycles. The molecule has 5 heteroatoms. The van der Waals surface area contributed by atoms with Crippen LogP contribution in [0.2, 0.25) is 0 Å². The molecule has 0 aliphatic heterocycles. The van der Waals surface area contributed by atoms with Crippen LogP contribution in [0.15, 0.2) is 0 Å². The van der Waals surface area contributed by atoms with Gasteiger partial charge in [0.1, 0.15) is 5.60 Å². The second-order valence-corrected chi connectivity index (χ2v) is 5.17. The summed E-state index contributed by atoms with van der Waals surface area (Å²) in [6.07, 6.45) is -0.846. The molecule has 1 atom stereocenters. The SMILES string of the molecule is CC(C)[C@H](NC(=O)OC(C)(C)C)C(=O)CC#N. The Morgan fingerprint density at radius 2 is 1.88 bits per heavy atom. The van der Waals surface area contributed by atoms with E-state index in [0.29, 0.717) is 0 Å². The lowest BCUT2D eigenvalue weighted by atomic mass is 9.98. The summed E-state index contributed by atoms with van der Waals surface area (Å²) < 4.78 is 5.06. The van der Waals surface area contributed by atoms with Crippen LogP contribution in [0.5, 0.6) is 0 Å². The average molecular weight is 240 g/mol. The van der Waals surface area contributed by atoms with Crippen molar-refractivity contribution >= 4 is 11.9 Å². The van der Waals surface area contributed by atoms with Gasteiger partial charge in [-0.1, -0.05) is 13.8 Å². The fraction of sp³-hybridized carbons (Fsp3) is 0.750. The molecule has 0 aliphatic rings. The van der Waals surface area contributed by atoms with Crippen LogP contribution in [0, 0.1) is 17.2 Å². The number of hydrogen-bond donors (Lipinski definition) is 1. The fourth-order valence-electron chi connectivity index (χ4n) is 1.24. The predicted molar refractivity (Wildman–Crippen MR) is 63.2 cm³/mol. The molecule has 0 aromatic rings. The number of ether oxygens (including phenoxy) is 1. The number of hydrogen-bond acceptors (Lipinski definition) is 4. The first-order valence-corrected chi connectivity index (χ1v) is 5.56. The molecule has 1 N–H and O–H groups in total. The first-order chi connectivity index (χ1) is 7.67. The molecule has 0 saturated heterocycles. The highest BCUT2D eigenvalue weighted by atomic mass is 16.6. The van der Waals surface area contributed by atoms with E-state index >= 15 is 0 Å². The Bertz CT molecular complexity index is 324. The van der Waals surface area contributed by atoms with E-state index in [1.165, 1.54) is 0 Å². The van der Waals surface area contributed by atoms with Crippen molar-refractivity contribution in [3.8, 4) is 6.07 Å². The minimum atomic E-state index is -0.676. The zero-order valence-electron chi connectivity index (χ0n) is 11.0. The molecule has 5 nitrogen and oxygen atoms in total. The lowest BCUT2D eigenvalue weighted by Crippen LogP contribution is -2.46. The zero-order chi connectivity index (χ0) is 13.6. The number of carbonyl (C=O) groups is 2. The van der Waals surface area contributed by atoms with E-state index in [-0.39, 0.29) is 18.1 Å². The van der Waals surface area contributed by atoms with E-state index in [1.54, 1.807) is 40.7 Å². The first kappa shape index (κ1) is 15.4. The average Bonchev–Trinajstić information content (AvgIpc) is 2.11. The maximum absolute atomic E-state index is 11.6. The molecule has 96 valence electrons. The second-order valence-electron chi connectivity index (χ2n) is 5.17. The number of ketones is 1. The van der Waals surface area contributed by atoms with Gasteiger partial charge in [-0.05, 0) is 26.7 Å². The van der Waals surface area contributed by atoms with Crippen molar-refractivity contribution in [3.05, 3.63) is 0 Å². The minimum absolute atomic E-state index is 0.0802. The first-order valence-electron chi connectivity index (χ1n) is 5.56. The highest BCUT2D eigenvalue weighted by Crippen LogP contribution is 2.09. The standard InChI is InChI=1S/C12H20N2O3/c1-8(2)10(9(15)6-7-13)14-11(16)17-12(3,4)5/h8,10H,6H2,1-5H3,(H,14,16)/t10-/m0/s1. The molecule has 1 amide bonds. The van der Waals surface area contributed by atoms with E-state index in [2.05, 4.69) is 5.32 Å². The Hall–Kier alpha value is -1.57. The van der Waals surface area contributed by atoms with Crippen molar-refractivity contribution < 1.29 is 14.3 Å². The summed E-state index contributed by atoms with van der Waals surface area (Å²) in [5.41, 5.74) is -0.607. The molecule has 0 rings (SSSR count). The van der Waals surface area contributed by atoms with Gasteiger partial charge in [0.2, 0.25) is 0 Å². The summed E-state index contributed by atoms with van der Waals surface area (Å²) in [5, 5.41) is 11.0. The quantitative estimate of drug-likeness (QED) is 0.815. The van der Waals surface area contributed by atoms with Crippen molar-refractivity contribution in [2.24, 2.45) is 5.92 Å². The van der Waals surface area contributed by atoms with Crippen molar-refractivity contribution in [3.63, 3.8) is 0 Å². The van der Waals surface area contributed by atoms with Crippen LogP contribution in [0.3, 0.4) is 0 Å². The largest absolute Gasteiger partial charge is 0.444 e. The molecular weight excluding hydrogens is 220 g/mol. The number of carbonyl (C=O) groups excluding carboxylic acids is 2. The minimum Gasteiger partial charge on any atom is -0.444 e. The second kappa shape index (κ2) is 6.24. The lowest BCUT2D eigenvalue weighted by molar-refractivity contribution is -0.121. The van der Waals surface area contributed by atoms with E-state index in [0.717, 1.165) is 0 Å². The van der Waals surface area contributed by atoms with Crippen LogP contribution in [0.4, 0.5) is 4.79 Å². The third kappa shape index (κ3) is 6.56. The van der Waals surface area contributed by atoms with E-state index in [9.17, 15) is 9.59 Å². The molecule has 0 bridgehead atoms. The maximum atomic E-state index is 11.6. The van der Waals surface area contributed by atoms with Gasteiger partial charge in [-0.25, -0.2) is 4.79 Å². The molecule has 17 heavy (non-hydrogen) atoms. The van der Waals surface area contributed by atoms with Crippen LogP contribution >= 0.6 is 0 Å². The molecular formula is C12H20N2O3. The lowest BCUT2D eigenvalue weighted by Gasteiger charge is -2.24. The van der Waals surface area contributed by atoms with Crippen LogP contribution in [0.1, 0.15) is 41.0 Å². The van der Waals surface area contributed by atoms with Crippen molar-refractivity contribution in [1.29, 1.82) is 5.26 Å². The summed E-state index contributed by atoms with van der Waals surface area (Å²) >= 11 is 0. The number of rotatable bonds is 4. The molecule has 0 aromatic heterocycles. The summed E-state index contributed by atoms with van der Waals surface area (Å²) in [4.78, 5) is 23.1. The molecule has 0 aromatic carbocycles. The monoisotopic (exact) mass is 240 g/mol. The van der Waals surface area contributed by atoms with Gasteiger partial charge in [0.25, 0.3) is 0 Å². The van der Waals surface area contributed by atoms with Gasteiger partial charge in [-0.2, -0.15) is 5.26 Å². The summed E-state index contributed by atoms with van der Waals surface area (Å²) in [6.45, 7) is 8.84. The summed E-state index contributed by atoms with van der Waals surface area (Å²) in [5.74, 6) is -0.378. The predicted octanol–water partition coefficient (Wildman–Crippen LogP) is 2.02. The Kier molecular flexibility index (Phi) is 5.66. The van der Waals surface area contributed by atoms with Crippen LogP contribution in [0.25, 0.3) is 0 Å². The summed E-state index contributed by atoms with van der Waals surface area (Å²) in [6, 6.07) is 1.11. The van der Waals surface area contributed by atoms with Gasteiger partial charge in [-0.15, -0.1) is 0 Å². The summed E-state index contributed by atoms with van der Waals surface area (Å²) in [7, 11) is 0. The van der Waals surface area contributed by atoms with E-state index < -0.39 is 17.7 Å². The number of nitrogens with one attached hydrogen (secondary N) is 1. The Balaban J connectivity index is 4.52. The maximum Gasteiger partial charge on any atom is 0.408 e. The normalized spacial score (nSPS) is 12.8. The van der Waals surface area contributed by atoms with Crippen LogP contribution in [-0.2, 0) is 9.53 Å². The van der Waals surface area contributed by atoms with Gasteiger partial charge in [0, 0.05) is 0 Å². The topological polar surface area (TPSA) is 79.2 Å². The number of amides is 1. The number of nitrogens with zero attached hydrogens (tertiary/aromatic N) is 1. The molecule has 0 unspecified atom stereocenters. The van der Waals surface area contributed by atoms with Gasteiger partial charge >= 0.3 is 6.09 Å². The Morgan fingerprint density at radius 3 is 2.24 bits per heavy atom. The smallest absolute Gasteiger partial charge is 0.408 e. The molecule has 0 fully saturated rings. The molecule has 0 radical (unpaired) electrons. The van der Waals surface area contributed by atoms with Gasteiger partial charge in [0.05, 0.1) is 18.5 Å². The van der Waals surface area contributed by atoms with Crippen molar-refractivity contribution in [2.45, 2.75) is 52.7 Å². The van der Waals surface area contributed by atoms with Crippen molar-refractivity contribution in [1.82, 2.24) is 5.32 Å². The third-order valence-electron chi connectivity index (χ3n) is 1.94. The van der Waals surface area contributed by atoms with Gasteiger partial charge < -0.3 is 10.1 Å². The van der Waals surface area contributed by atoms with E-state index in [4.69, 9.17) is 10.00 Å². The van der Waals surface area contributed by atoms with Crippen LogP contribution in [-0.4, -0.2) is 23.5 Å². The fourth-order valence-corrected chi connectivity index (χ4v) is 1.24. The van der Waals surface area contributed by atoms with Gasteiger partial charge in [0.15, 0.2) is 5.78 Å². The number of Topliss-reactive ketones (excluding diaryl/α,β-unsaturated/α-hetero) is 1. The van der Waals surface area contributed by atoms with Crippen LogP contribution < -0.4 is 5.32 Å². The molecule has 0 saturated carbocycles. The van der Waals surface area contributed by atoms with E-state index in [1.807, 2.05) is 0 Å². The molecule has 0 aliphatic carbocycles. The Labute approximate surface area is 102 Å². The number of nitriles is 1. The highest BCUT2D eigenvalue weighted by Gasteiger charge is 2.26. The third-order valence-corrected chi connectivity index (χ3v) is 1.94. The Morgan fingerprint density at radius 1 is 1.35 bits per heavy atom. The van der Waals surface area contributed by atoms with Crippen molar-refractivity contribution in [2.75, 3.05) is 0 Å². The number of alkyl carbamates (subject to hydrolysis) is 1. The zero-order valence-corrected chi connectivity index (χ0v) is 11.0. The highest BCUT2D eigenvalue weighted by molar-refractivity contribution is 5.89.